The fraction of sp³-hybridized carbons (Fsp3) is 0.167. The molecule has 0 aliphatic carbocycles. The van der Waals surface area contributed by atoms with Crippen LogP contribution in [0.2, 0.25) is 0 Å². The molecule has 2 nitrogen and oxygen atoms in total. The molecule has 0 N–H and O–H groups in total. The lowest BCUT2D eigenvalue weighted by Gasteiger charge is -2.08. The molecule has 0 atom stereocenters. The Bertz CT molecular complexity index is 703. The minimum Gasteiger partial charge on any atom is -0.496 e. The van der Waals surface area contributed by atoms with Gasteiger partial charge in [-0.1, -0.05) is 40.2 Å². The van der Waals surface area contributed by atoms with Crippen LogP contribution in [0.25, 0.3) is 12.2 Å². The van der Waals surface area contributed by atoms with Crippen molar-refractivity contribution in [3.05, 3.63) is 62.6 Å². The maximum Gasteiger partial charge on any atom is 0.153 e. The number of carbonyl (C=O) groups excluding carboxylic acids is 1. The topological polar surface area (TPSA) is 26.3 Å². The van der Waals surface area contributed by atoms with Gasteiger partial charge in [-0.15, -0.1) is 0 Å². The van der Waals surface area contributed by atoms with Crippen LogP contribution in [0.4, 0.5) is 0 Å². The van der Waals surface area contributed by atoms with E-state index in [9.17, 15) is 4.79 Å². The Labute approximate surface area is 133 Å². The fourth-order valence-electron chi connectivity index (χ4n) is 2.16. The van der Waals surface area contributed by atoms with Crippen LogP contribution >= 0.6 is 15.9 Å². The van der Waals surface area contributed by atoms with Gasteiger partial charge in [0.15, 0.2) is 6.29 Å². The summed E-state index contributed by atoms with van der Waals surface area (Å²) in [5.41, 5.74) is 5.01. The molecule has 0 aliphatic rings. The van der Waals surface area contributed by atoms with Gasteiger partial charge in [0.1, 0.15) is 5.75 Å². The molecule has 0 radical (unpaired) electrons. The van der Waals surface area contributed by atoms with Gasteiger partial charge in [-0.2, -0.15) is 0 Å². The van der Waals surface area contributed by atoms with E-state index in [4.69, 9.17) is 4.74 Å². The highest BCUT2D eigenvalue weighted by molar-refractivity contribution is 9.10. The minimum absolute atomic E-state index is 0.575. The summed E-state index contributed by atoms with van der Waals surface area (Å²) >= 11 is 3.54. The Morgan fingerprint density at radius 3 is 2.43 bits per heavy atom. The molecule has 0 heterocycles. The summed E-state index contributed by atoms with van der Waals surface area (Å²) in [5.74, 6) is 0.598. The maximum absolute atomic E-state index is 11.0. The van der Waals surface area contributed by atoms with E-state index in [-0.39, 0.29) is 0 Å². The van der Waals surface area contributed by atoms with Gasteiger partial charge in [0.05, 0.1) is 12.7 Å². The van der Waals surface area contributed by atoms with Crippen LogP contribution < -0.4 is 4.74 Å². The van der Waals surface area contributed by atoms with E-state index in [0.717, 1.165) is 27.4 Å². The van der Waals surface area contributed by atoms with Crippen LogP contribution in [-0.2, 0) is 0 Å². The lowest BCUT2D eigenvalue weighted by molar-refractivity contribution is 0.112. The Hall–Kier alpha value is -1.87. The van der Waals surface area contributed by atoms with E-state index >= 15 is 0 Å². The van der Waals surface area contributed by atoms with Gasteiger partial charge in [0.2, 0.25) is 0 Å². The zero-order valence-corrected chi connectivity index (χ0v) is 13.9. The first-order valence-corrected chi connectivity index (χ1v) is 7.43. The summed E-state index contributed by atoms with van der Waals surface area (Å²) in [6.07, 6.45) is 4.93. The van der Waals surface area contributed by atoms with E-state index in [2.05, 4.69) is 35.0 Å². The van der Waals surface area contributed by atoms with Gasteiger partial charge in [-0.05, 0) is 54.3 Å². The standard InChI is InChI=1S/C18H17BrO2/c1-12-9-16(11-20)18(21-3)10-15(12)8-7-14-5-4-6-17(19)13(14)2/h4-11H,1-3H3/b8-7+. The Morgan fingerprint density at radius 1 is 1.05 bits per heavy atom. The molecule has 0 saturated heterocycles. The van der Waals surface area contributed by atoms with Crippen molar-refractivity contribution in [2.24, 2.45) is 0 Å². The first kappa shape index (κ1) is 15.5. The molecule has 0 amide bonds. The van der Waals surface area contributed by atoms with Gasteiger partial charge in [0.25, 0.3) is 0 Å². The smallest absolute Gasteiger partial charge is 0.153 e. The van der Waals surface area contributed by atoms with Crippen LogP contribution in [0.1, 0.15) is 32.6 Å². The third kappa shape index (κ3) is 3.42. The summed E-state index contributed by atoms with van der Waals surface area (Å²) in [4.78, 5) is 11.0. The average Bonchev–Trinajstić information content (AvgIpc) is 2.49. The number of methoxy groups -OCH3 is 1. The highest BCUT2D eigenvalue weighted by Crippen LogP contribution is 2.25. The molecule has 0 bridgehead atoms. The van der Waals surface area contributed by atoms with E-state index in [1.54, 1.807) is 7.11 Å². The van der Waals surface area contributed by atoms with Crippen molar-refractivity contribution < 1.29 is 9.53 Å². The lowest BCUT2D eigenvalue weighted by Crippen LogP contribution is -1.93. The van der Waals surface area contributed by atoms with Crippen molar-refractivity contribution in [1.82, 2.24) is 0 Å². The lowest BCUT2D eigenvalue weighted by atomic mass is 10.0. The quantitative estimate of drug-likeness (QED) is 0.572. The molecule has 3 heteroatoms. The van der Waals surface area contributed by atoms with Crippen LogP contribution in [0.15, 0.2) is 34.8 Å². The summed E-state index contributed by atoms with van der Waals surface area (Å²) in [6, 6.07) is 9.85. The Balaban J connectivity index is 2.41. The van der Waals surface area contributed by atoms with Crippen LogP contribution in [-0.4, -0.2) is 13.4 Å². The zero-order chi connectivity index (χ0) is 15.4. The molecule has 0 spiro atoms. The van der Waals surface area contributed by atoms with Crippen LogP contribution in [0, 0.1) is 13.8 Å². The summed E-state index contributed by atoms with van der Waals surface area (Å²) in [7, 11) is 1.57. The van der Waals surface area contributed by atoms with E-state index in [1.165, 1.54) is 5.56 Å². The first-order valence-electron chi connectivity index (χ1n) is 6.64. The molecular weight excluding hydrogens is 328 g/mol. The summed E-state index contributed by atoms with van der Waals surface area (Å²) < 4.78 is 6.35. The summed E-state index contributed by atoms with van der Waals surface area (Å²) in [5, 5.41) is 0. The van der Waals surface area contributed by atoms with Crippen LogP contribution in [0.3, 0.4) is 0 Å². The van der Waals surface area contributed by atoms with Crippen molar-refractivity contribution in [1.29, 1.82) is 0 Å². The zero-order valence-electron chi connectivity index (χ0n) is 12.3. The highest BCUT2D eigenvalue weighted by atomic mass is 79.9. The molecule has 0 fully saturated rings. The van der Waals surface area contributed by atoms with Crippen molar-refractivity contribution in [2.75, 3.05) is 7.11 Å². The van der Waals surface area contributed by atoms with Crippen LogP contribution in [0.5, 0.6) is 5.75 Å². The average molecular weight is 345 g/mol. The molecule has 108 valence electrons. The predicted molar refractivity (Wildman–Crippen MR) is 90.9 cm³/mol. The number of halogens is 1. The highest BCUT2D eigenvalue weighted by Gasteiger charge is 2.06. The molecule has 2 rings (SSSR count). The number of hydrogen-bond acceptors (Lipinski definition) is 2. The van der Waals surface area contributed by atoms with Crippen molar-refractivity contribution in [3.63, 3.8) is 0 Å². The molecule has 0 aromatic heterocycles. The molecule has 0 saturated carbocycles. The third-order valence-electron chi connectivity index (χ3n) is 3.50. The Morgan fingerprint density at radius 2 is 1.76 bits per heavy atom. The number of aldehydes is 1. The Kier molecular flexibility index (Phi) is 4.97. The van der Waals surface area contributed by atoms with E-state index in [1.807, 2.05) is 37.3 Å². The van der Waals surface area contributed by atoms with E-state index in [0.29, 0.717) is 11.3 Å². The monoisotopic (exact) mass is 344 g/mol. The van der Waals surface area contributed by atoms with Crippen molar-refractivity contribution >= 4 is 34.4 Å². The molecule has 2 aromatic carbocycles. The number of carbonyl (C=O) groups is 1. The second kappa shape index (κ2) is 6.72. The number of ether oxygens (including phenoxy) is 1. The largest absolute Gasteiger partial charge is 0.496 e. The number of hydrogen-bond donors (Lipinski definition) is 0. The van der Waals surface area contributed by atoms with Gasteiger partial charge >= 0.3 is 0 Å². The first-order chi connectivity index (χ1) is 10.1. The van der Waals surface area contributed by atoms with Crippen molar-refractivity contribution in [2.45, 2.75) is 13.8 Å². The van der Waals surface area contributed by atoms with Gasteiger partial charge < -0.3 is 4.74 Å². The predicted octanol–water partition coefficient (Wildman–Crippen LogP) is 5.06. The van der Waals surface area contributed by atoms with Crippen molar-refractivity contribution in [3.8, 4) is 5.75 Å². The SMILES string of the molecule is COc1cc(/C=C/c2cccc(Br)c2C)c(C)cc1C=O. The minimum atomic E-state index is 0.575. The molecular formula is C18H17BrO2. The number of aryl methyl sites for hydroxylation is 1. The number of rotatable bonds is 4. The normalized spacial score (nSPS) is 10.9. The van der Waals surface area contributed by atoms with E-state index < -0.39 is 0 Å². The second-order valence-electron chi connectivity index (χ2n) is 4.86. The van der Waals surface area contributed by atoms with Gasteiger partial charge in [-0.3, -0.25) is 4.79 Å². The molecule has 2 aromatic rings. The van der Waals surface area contributed by atoms with Gasteiger partial charge in [-0.25, -0.2) is 0 Å². The molecule has 0 unspecified atom stereocenters. The number of benzene rings is 2. The maximum atomic E-state index is 11.0. The third-order valence-corrected chi connectivity index (χ3v) is 4.36. The summed E-state index contributed by atoms with van der Waals surface area (Å²) in [6.45, 7) is 4.06. The second-order valence-corrected chi connectivity index (χ2v) is 5.71. The van der Waals surface area contributed by atoms with Gasteiger partial charge in [0, 0.05) is 4.47 Å². The molecule has 0 aliphatic heterocycles. The molecule has 21 heavy (non-hydrogen) atoms. The fourth-order valence-corrected chi connectivity index (χ4v) is 2.54.